The minimum atomic E-state index is -0.383. The molecule has 2 heterocycles. The number of ketones is 2. The lowest BCUT2D eigenvalue weighted by molar-refractivity contribution is -0.113. The average molecular weight is 661 g/mol. The molecule has 1 saturated heterocycles. The SMILES string of the molecule is CC(=O)/C(=C\C(=O)c1ccccc1)NC(=O)N1CCC(Cc2ccc(NC(=O)Nc3cc(C(C)(C)C)nn3-c3ccc(C)cc3)cc2)CC1. The summed E-state index contributed by atoms with van der Waals surface area (Å²) < 4.78 is 1.75. The normalized spacial score (nSPS) is 13.9. The molecule has 10 nitrogen and oxygen atoms in total. The Morgan fingerprint density at radius 3 is 2.14 bits per heavy atom. The van der Waals surface area contributed by atoms with Crippen LogP contribution in [0, 0.1) is 12.8 Å². The lowest BCUT2D eigenvalue weighted by Gasteiger charge is -2.32. The van der Waals surface area contributed by atoms with Crippen LogP contribution in [0.3, 0.4) is 0 Å². The highest BCUT2D eigenvalue weighted by atomic mass is 16.2. The molecular formula is C39H44N6O4. The first-order valence-electron chi connectivity index (χ1n) is 16.6. The van der Waals surface area contributed by atoms with E-state index in [0.29, 0.717) is 36.1 Å². The number of carbonyl (C=O) groups is 4. The number of carbonyl (C=O) groups excluding carboxylic acids is 4. The molecule has 0 unspecified atom stereocenters. The summed E-state index contributed by atoms with van der Waals surface area (Å²) in [5.74, 6) is 0.239. The third-order valence-electron chi connectivity index (χ3n) is 8.59. The second-order valence-corrected chi connectivity index (χ2v) is 13.6. The zero-order valence-corrected chi connectivity index (χ0v) is 28.7. The van der Waals surface area contributed by atoms with E-state index < -0.39 is 0 Å². The molecule has 49 heavy (non-hydrogen) atoms. The van der Waals surface area contributed by atoms with E-state index in [1.165, 1.54) is 13.0 Å². The van der Waals surface area contributed by atoms with Crippen molar-refractivity contribution in [1.29, 1.82) is 0 Å². The highest BCUT2D eigenvalue weighted by Gasteiger charge is 2.25. The third-order valence-corrected chi connectivity index (χ3v) is 8.59. The van der Waals surface area contributed by atoms with Gasteiger partial charge in [-0.3, -0.25) is 14.9 Å². The van der Waals surface area contributed by atoms with Crippen molar-refractivity contribution in [2.75, 3.05) is 23.7 Å². The number of allylic oxidation sites excluding steroid dienone is 2. The first-order chi connectivity index (χ1) is 23.4. The molecule has 1 aliphatic rings. The van der Waals surface area contributed by atoms with Crippen molar-refractivity contribution in [2.45, 2.75) is 59.3 Å². The molecular weight excluding hydrogens is 616 g/mol. The molecule has 10 heteroatoms. The summed E-state index contributed by atoms with van der Waals surface area (Å²) in [6.45, 7) is 10.7. The third kappa shape index (κ3) is 9.31. The van der Waals surface area contributed by atoms with Crippen molar-refractivity contribution in [3.63, 3.8) is 0 Å². The first-order valence-corrected chi connectivity index (χ1v) is 16.6. The Kier molecular flexibility index (Phi) is 10.8. The van der Waals surface area contributed by atoms with Crippen LogP contribution in [0.5, 0.6) is 0 Å². The van der Waals surface area contributed by atoms with Gasteiger partial charge >= 0.3 is 12.1 Å². The predicted molar refractivity (Wildman–Crippen MR) is 192 cm³/mol. The van der Waals surface area contributed by atoms with Crippen molar-refractivity contribution < 1.29 is 19.2 Å². The highest BCUT2D eigenvalue weighted by Crippen LogP contribution is 2.27. The number of amides is 4. The highest BCUT2D eigenvalue weighted by molar-refractivity contribution is 6.10. The molecule has 1 aromatic heterocycles. The molecule has 0 saturated carbocycles. The summed E-state index contributed by atoms with van der Waals surface area (Å²) in [6, 6.07) is 25.6. The Hall–Kier alpha value is -5.51. The minimum Gasteiger partial charge on any atom is -0.325 e. The molecule has 0 bridgehead atoms. The van der Waals surface area contributed by atoms with E-state index in [9.17, 15) is 19.2 Å². The molecule has 0 aliphatic carbocycles. The number of aryl methyl sites for hydroxylation is 1. The molecule has 1 fully saturated rings. The van der Waals surface area contributed by atoms with E-state index >= 15 is 0 Å². The van der Waals surface area contributed by atoms with E-state index in [-0.39, 0.29) is 34.7 Å². The first kappa shape index (κ1) is 34.8. The quantitative estimate of drug-likeness (QED) is 0.127. The molecule has 3 N–H and O–H groups in total. The number of likely N-dealkylation sites (tertiary alicyclic amines) is 1. The van der Waals surface area contributed by atoms with Gasteiger partial charge in [0.15, 0.2) is 11.6 Å². The fourth-order valence-corrected chi connectivity index (χ4v) is 5.63. The number of Topliss-reactive ketones (excluding diaryl/α,β-unsaturated/α-hetero) is 1. The van der Waals surface area contributed by atoms with Crippen LogP contribution in [0.15, 0.2) is 96.7 Å². The van der Waals surface area contributed by atoms with Crippen LogP contribution in [0.4, 0.5) is 21.1 Å². The molecule has 254 valence electrons. The fourth-order valence-electron chi connectivity index (χ4n) is 5.63. The number of rotatable bonds is 9. The van der Waals surface area contributed by atoms with Crippen LogP contribution in [0.1, 0.15) is 67.7 Å². The summed E-state index contributed by atoms with van der Waals surface area (Å²) in [4.78, 5) is 52.4. The molecule has 0 radical (unpaired) electrons. The smallest absolute Gasteiger partial charge is 0.324 e. The average Bonchev–Trinajstić information content (AvgIpc) is 3.50. The second kappa shape index (κ2) is 15.1. The molecule has 0 spiro atoms. The predicted octanol–water partition coefficient (Wildman–Crippen LogP) is 7.44. The van der Waals surface area contributed by atoms with Crippen molar-refractivity contribution >= 4 is 35.1 Å². The van der Waals surface area contributed by atoms with Crippen molar-refractivity contribution in [3.8, 4) is 5.69 Å². The van der Waals surface area contributed by atoms with Gasteiger partial charge in [-0.1, -0.05) is 80.9 Å². The largest absolute Gasteiger partial charge is 0.325 e. The molecule has 4 amide bonds. The van der Waals surface area contributed by atoms with Crippen molar-refractivity contribution in [3.05, 3.63) is 119 Å². The molecule has 3 aromatic carbocycles. The number of anilines is 2. The maximum absolute atomic E-state index is 13.0. The van der Waals surface area contributed by atoms with Crippen LogP contribution in [0.2, 0.25) is 0 Å². The summed E-state index contributed by atoms with van der Waals surface area (Å²) >= 11 is 0. The van der Waals surface area contributed by atoms with Gasteiger partial charge in [-0.05, 0) is 61.9 Å². The fraction of sp³-hybridized carbons (Fsp3) is 0.308. The van der Waals surface area contributed by atoms with Gasteiger partial charge in [0.1, 0.15) is 5.82 Å². The van der Waals surface area contributed by atoms with Crippen molar-refractivity contribution in [1.82, 2.24) is 20.0 Å². The van der Waals surface area contributed by atoms with E-state index in [4.69, 9.17) is 5.10 Å². The van der Waals surface area contributed by atoms with Crippen LogP contribution >= 0.6 is 0 Å². The van der Waals surface area contributed by atoms with E-state index in [1.54, 1.807) is 39.9 Å². The van der Waals surface area contributed by atoms with Crippen molar-refractivity contribution in [2.24, 2.45) is 5.92 Å². The van der Waals surface area contributed by atoms with E-state index in [1.807, 2.05) is 61.5 Å². The van der Waals surface area contributed by atoms with Gasteiger partial charge in [-0.15, -0.1) is 0 Å². The van der Waals surface area contributed by atoms with E-state index in [0.717, 1.165) is 41.8 Å². The maximum Gasteiger partial charge on any atom is 0.324 e. The lowest BCUT2D eigenvalue weighted by Crippen LogP contribution is -2.45. The number of nitrogens with zero attached hydrogens (tertiary/aromatic N) is 3. The number of urea groups is 2. The summed E-state index contributed by atoms with van der Waals surface area (Å²) in [5, 5.41) is 13.3. The van der Waals surface area contributed by atoms with Crippen LogP contribution in [0.25, 0.3) is 5.69 Å². The number of hydrogen-bond donors (Lipinski definition) is 3. The van der Waals surface area contributed by atoms with Gasteiger partial charge in [0.25, 0.3) is 0 Å². The Morgan fingerprint density at radius 1 is 0.878 bits per heavy atom. The molecule has 1 aliphatic heterocycles. The maximum atomic E-state index is 13.0. The topological polar surface area (TPSA) is 125 Å². The molecule has 0 atom stereocenters. The molecule has 5 rings (SSSR count). The van der Waals surface area contributed by atoms with Gasteiger partial charge in [0, 0.05) is 48.8 Å². The number of benzene rings is 3. The van der Waals surface area contributed by atoms with Crippen LogP contribution in [-0.2, 0) is 16.6 Å². The Labute approximate surface area is 287 Å². The standard InChI is InChI=1S/C39H44N6O4/c1-26-11-17-32(18-12-26)45-36(25-35(43-45)39(3,4)5)42-37(48)40-31-15-13-28(14-16-31)23-29-19-21-44(22-20-29)38(49)41-33(27(2)46)24-34(47)30-9-7-6-8-10-30/h6-18,24-25,29H,19-23H2,1-5H3,(H,41,49)(H2,40,42,48)/b33-24+. The Bertz CT molecular complexity index is 1830. The Balaban J connectivity index is 1.12. The summed E-state index contributed by atoms with van der Waals surface area (Å²) in [7, 11) is 0. The van der Waals surface area contributed by atoms with E-state index in [2.05, 4.69) is 36.7 Å². The van der Waals surface area contributed by atoms with Gasteiger partial charge in [-0.2, -0.15) is 5.10 Å². The van der Waals surface area contributed by atoms with Gasteiger partial charge < -0.3 is 15.5 Å². The summed E-state index contributed by atoms with van der Waals surface area (Å²) in [6.07, 6.45) is 3.65. The monoisotopic (exact) mass is 660 g/mol. The van der Waals surface area contributed by atoms with Crippen LogP contribution < -0.4 is 16.0 Å². The zero-order valence-electron chi connectivity index (χ0n) is 28.7. The lowest BCUT2D eigenvalue weighted by atomic mass is 9.90. The number of nitrogens with one attached hydrogen (secondary N) is 3. The van der Waals surface area contributed by atoms with Gasteiger partial charge in [0.05, 0.1) is 17.1 Å². The summed E-state index contributed by atoms with van der Waals surface area (Å²) in [5.41, 5.74) is 4.92. The second-order valence-electron chi connectivity index (χ2n) is 13.6. The van der Waals surface area contributed by atoms with Gasteiger partial charge in [-0.25, -0.2) is 14.3 Å². The minimum absolute atomic E-state index is 0.0186. The Morgan fingerprint density at radius 2 is 1.53 bits per heavy atom. The van der Waals surface area contributed by atoms with Gasteiger partial charge in [0.2, 0.25) is 0 Å². The molecule has 4 aromatic rings. The number of hydrogen-bond acceptors (Lipinski definition) is 5. The number of aromatic nitrogens is 2. The van der Waals surface area contributed by atoms with Crippen LogP contribution in [-0.4, -0.2) is 51.4 Å². The zero-order chi connectivity index (χ0) is 35.1. The number of piperidine rings is 1.